The molecule has 17 heavy (non-hydrogen) atoms. The molecule has 0 atom stereocenters. The van der Waals surface area contributed by atoms with Gasteiger partial charge in [-0.15, -0.1) is 0 Å². The summed E-state index contributed by atoms with van der Waals surface area (Å²) in [5, 5.41) is 4.55. The van der Waals surface area contributed by atoms with Gasteiger partial charge in [-0.1, -0.05) is 13.8 Å². The van der Waals surface area contributed by atoms with E-state index in [9.17, 15) is 22.8 Å². The van der Waals surface area contributed by atoms with Gasteiger partial charge in [0.25, 0.3) is 0 Å². The summed E-state index contributed by atoms with van der Waals surface area (Å²) in [6.45, 7) is 1.91. The Balaban J connectivity index is 3.56. The molecule has 0 fully saturated rings. The second kappa shape index (κ2) is 6.97. The van der Waals surface area contributed by atoms with Gasteiger partial charge in [-0.25, -0.2) is 4.79 Å². The van der Waals surface area contributed by atoms with Crippen molar-refractivity contribution in [3.63, 3.8) is 0 Å². The van der Waals surface area contributed by atoms with Gasteiger partial charge in [0.15, 0.2) is 6.61 Å². The van der Waals surface area contributed by atoms with E-state index in [-0.39, 0.29) is 24.9 Å². The molecule has 0 saturated heterocycles. The van der Waals surface area contributed by atoms with Crippen molar-refractivity contribution in [1.29, 1.82) is 0 Å². The van der Waals surface area contributed by atoms with Crippen LogP contribution in [0.2, 0.25) is 0 Å². The summed E-state index contributed by atoms with van der Waals surface area (Å²) < 4.78 is 38.8. The minimum Gasteiger partial charge on any atom is -0.440 e. The molecule has 0 aromatic heterocycles. The van der Waals surface area contributed by atoms with Crippen LogP contribution >= 0.6 is 0 Å². The number of halogens is 3. The van der Waals surface area contributed by atoms with Crippen molar-refractivity contribution in [2.75, 3.05) is 19.7 Å². The highest BCUT2D eigenvalue weighted by atomic mass is 19.4. The number of rotatable bonds is 5. The third-order valence-electron chi connectivity index (χ3n) is 1.58. The van der Waals surface area contributed by atoms with Crippen LogP contribution in [0.15, 0.2) is 0 Å². The molecule has 8 heteroatoms. The van der Waals surface area contributed by atoms with E-state index in [2.05, 4.69) is 15.4 Å². The molecule has 0 unspecified atom stereocenters. The Kier molecular flexibility index (Phi) is 6.37. The minimum atomic E-state index is -4.54. The number of alkyl halides is 3. The topological polar surface area (TPSA) is 67.4 Å². The zero-order chi connectivity index (χ0) is 13.5. The maximum Gasteiger partial charge on any atom is 0.422 e. The molecule has 0 aliphatic heterocycles. The maximum atomic E-state index is 11.6. The Morgan fingerprint density at radius 3 is 2.18 bits per heavy atom. The Hall–Kier alpha value is -1.47. The molecule has 0 spiro atoms. The summed E-state index contributed by atoms with van der Waals surface area (Å²) in [6.07, 6.45) is -5.70. The average Bonchev–Trinajstić information content (AvgIpc) is 2.20. The first kappa shape index (κ1) is 15.5. The third-order valence-corrected chi connectivity index (χ3v) is 1.58. The van der Waals surface area contributed by atoms with Crippen molar-refractivity contribution >= 4 is 12.0 Å². The lowest BCUT2D eigenvalue weighted by atomic mass is 10.2. The molecular weight excluding hydrogens is 241 g/mol. The van der Waals surface area contributed by atoms with E-state index >= 15 is 0 Å². The van der Waals surface area contributed by atoms with Gasteiger partial charge >= 0.3 is 12.3 Å². The molecule has 100 valence electrons. The predicted octanol–water partition coefficient (Wildman–Crippen LogP) is 1.05. The highest BCUT2D eigenvalue weighted by Crippen LogP contribution is 2.14. The van der Waals surface area contributed by atoms with Gasteiger partial charge in [0.2, 0.25) is 5.91 Å². The van der Waals surface area contributed by atoms with Crippen LogP contribution in [0.3, 0.4) is 0 Å². The number of alkyl carbamates (subject to hydrolysis) is 1. The molecule has 0 saturated carbocycles. The van der Waals surface area contributed by atoms with Gasteiger partial charge in [-0.2, -0.15) is 13.2 Å². The van der Waals surface area contributed by atoms with Crippen LogP contribution < -0.4 is 10.6 Å². The standard InChI is InChI=1S/C9H15F3N2O3/c1-6(2)7(15)13-3-4-14-8(16)17-5-9(10,11)12/h6H,3-5H2,1-2H3,(H,13,15)(H,14,16). The molecule has 0 aromatic carbocycles. The number of carbonyl (C=O) groups is 2. The van der Waals surface area contributed by atoms with Crippen molar-refractivity contribution in [3.05, 3.63) is 0 Å². The van der Waals surface area contributed by atoms with E-state index in [4.69, 9.17) is 0 Å². The predicted molar refractivity (Wildman–Crippen MR) is 53.3 cm³/mol. The molecule has 0 rings (SSSR count). The van der Waals surface area contributed by atoms with Crippen molar-refractivity contribution in [1.82, 2.24) is 10.6 Å². The van der Waals surface area contributed by atoms with Gasteiger partial charge in [-0.05, 0) is 0 Å². The molecule has 0 bridgehead atoms. The summed E-state index contributed by atoms with van der Waals surface area (Å²) in [5.74, 6) is -0.386. The van der Waals surface area contributed by atoms with Crippen molar-refractivity contribution in [3.8, 4) is 0 Å². The highest BCUT2D eigenvalue weighted by molar-refractivity contribution is 5.77. The van der Waals surface area contributed by atoms with Crippen LogP contribution in [-0.2, 0) is 9.53 Å². The third kappa shape index (κ3) is 9.46. The highest BCUT2D eigenvalue weighted by Gasteiger charge is 2.29. The summed E-state index contributed by atoms with van der Waals surface area (Å²) in [4.78, 5) is 21.8. The second-order valence-electron chi connectivity index (χ2n) is 3.56. The average molecular weight is 256 g/mol. The Bertz CT molecular complexity index is 267. The lowest BCUT2D eigenvalue weighted by Crippen LogP contribution is -2.37. The van der Waals surface area contributed by atoms with Crippen LogP contribution in [0.5, 0.6) is 0 Å². The van der Waals surface area contributed by atoms with Gasteiger partial charge < -0.3 is 15.4 Å². The summed E-state index contributed by atoms with van der Waals surface area (Å²) >= 11 is 0. The zero-order valence-electron chi connectivity index (χ0n) is 9.56. The number of carbonyl (C=O) groups excluding carboxylic acids is 2. The van der Waals surface area contributed by atoms with Crippen LogP contribution in [0.4, 0.5) is 18.0 Å². The maximum absolute atomic E-state index is 11.6. The number of ether oxygens (including phenoxy) is 1. The first-order valence-electron chi connectivity index (χ1n) is 4.97. The number of nitrogens with one attached hydrogen (secondary N) is 2. The van der Waals surface area contributed by atoms with Crippen LogP contribution in [0.25, 0.3) is 0 Å². The van der Waals surface area contributed by atoms with Gasteiger partial charge in [0.1, 0.15) is 0 Å². The molecule has 5 nitrogen and oxygen atoms in total. The van der Waals surface area contributed by atoms with Gasteiger partial charge in [-0.3, -0.25) is 4.79 Å². The number of amides is 2. The normalized spacial score (nSPS) is 11.2. The van der Waals surface area contributed by atoms with Crippen molar-refractivity contribution in [2.24, 2.45) is 5.92 Å². The molecule has 2 N–H and O–H groups in total. The fourth-order valence-electron chi connectivity index (χ4n) is 0.753. The monoisotopic (exact) mass is 256 g/mol. The molecule has 0 aliphatic rings. The summed E-state index contributed by atoms with van der Waals surface area (Å²) in [6, 6.07) is 0. The van der Waals surface area contributed by atoms with E-state index in [1.54, 1.807) is 13.8 Å². The zero-order valence-corrected chi connectivity index (χ0v) is 9.56. The smallest absolute Gasteiger partial charge is 0.422 e. The lowest BCUT2D eigenvalue weighted by molar-refractivity contribution is -0.160. The van der Waals surface area contributed by atoms with E-state index in [1.807, 2.05) is 0 Å². The van der Waals surface area contributed by atoms with Crippen molar-refractivity contribution in [2.45, 2.75) is 20.0 Å². The SMILES string of the molecule is CC(C)C(=O)NCCNC(=O)OCC(F)(F)F. The van der Waals surface area contributed by atoms with E-state index in [0.29, 0.717) is 0 Å². The molecular formula is C9H15F3N2O3. The van der Waals surface area contributed by atoms with Crippen LogP contribution in [0, 0.1) is 5.92 Å². The van der Waals surface area contributed by atoms with Crippen LogP contribution in [0.1, 0.15) is 13.8 Å². The summed E-state index contributed by atoms with van der Waals surface area (Å²) in [5.41, 5.74) is 0. The molecule has 2 amide bonds. The van der Waals surface area contributed by atoms with Gasteiger partial charge in [0, 0.05) is 19.0 Å². The summed E-state index contributed by atoms with van der Waals surface area (Å²) in [7, 11) is 0. The first-order chi connectivity index (χ1) is 7.72. The molecule has 0 aromatic rings. The van der Waals surface area contributed by atoms with Crippen LogP contribution in [-0.4, -0.2) is 37.9 Å². The number of hydrogen-bond acceptors (Lipinski definition) is 3. The lowest BCUT2D eigenvalue weighted by Gasteiger charge is -2.10. The fraction of sp³-hybridized carbons (Fsp3) is 0.778. The molecule has 0 radical (unpaired) electrons. The Morgan fingerprint density at radius 1 is 1.18 bits per heavy atom. The fourth-order valence-corrected chi connectivity index (χ4v) is 0.753. The minimum absolute atomic E-state index is 0.00908. The Morgan fingerprint density at radius 2 is 1.71 bits per heavy atom. The van der Waals surface area contributed by atoms with Crippen molar-refractivity contribution < 1.29 is 27.5 Å². The molecule has 0 heterocycles. The van der Waals surface area contributed by atoms with E-state index in [1.165, 1.54) is 0 Å². The molecule has 0 aliphatic carbocycles. The first-order valence-corrected chi connectivity index (χ1v) is 4.97. The van der Waals surface area contributed by atoms with Gasteiger partial charge in [0.05, 0.1) is 0 Å². The Labute approximate surface area is 96.7 Å². The largest absolute Gasteiger partial charge is 0.440 e. The number of hydrogen-bond donors (Lipinski definition) is 2. The quantitative estimate of drug-likeness (QED) is 0.722. The van der Waals surface area contributed by atoms with E-state index < -0.39 is 18.9 Å². The second-order valence-corrected chi connectivity index (χ2v) is 3.56. The van der Waals surface area contributed by atoms with E-state index in [0.717, 1.165) is 0 Å².